The standard InChI is InChI=1S/C34H22/c1-2-12-25-22-26(21-20-23(25)10-1)33-29-15-5-7-17-31(29)34(32-18-8-6-16-30(32)33)28-19-9-13-24-11-3-4-14-27(24)28/h1-22H/i3D,4D,5D,6D,7D,8D,9D,11D,13D,14D,15D,16D,17D,18D,19D. The van der Waals surface area contributed by atoms with Crippen LogP contribution in [0.1, 0.15) is 20.6 Å². The highest BCUT2D eigenvalue weighted by Crippen LogP contribution is 2.45. The summed E-state index contributed by atoms with van der Waals surface area (Å²) in [7, 11) is 0. The molecule has 0 nitrogen and oxygen atoms in total. The van der Waals surface area contributed by atoms with Crippen molar-refractivity contribution < 1.29 is 20.6 Å². The van der Waals surface area contributed by atoms with Gasteiger partial charge in [0.1, 0.15) is 0 Å². The third-order valence-electron chi connectivity index (χ3n) is 5.98. The maximum absolute atomic E-state index is 9.17. The van der Waals surface area contributed by atoms with Crippen molar-refractivity contribution in [1.29, 1.82) is 0 Å². The van der Waals surface area contributed by atoms with Crippen LogP contribution in [-0.4, -0.2) is 0 Å². The Morgan fingerprint density at radius 3 is 1.68 bits per heavy atom. The van der Waals surface area contributed by atoms with Gasteiger partial charge in [0.25, 0.3) is 0 Å². The Morgan fingerprint density at radius 2 is 0.971 bits per heavy atom. The molecule has 0 unspecified atom stereocenters. The zero-order chi connectivity index (χ0) is 35.5. The lowest BCUT2D eigenvalue weighted by Crippen LogP contribution is -1.91. The van der Waals surface area contributed by atoms with Gasteiger partial charge in [0.15, 0.2) is 0 Å². The molecule has 0 atom stereocenters. The molecule has 0 aliphatic rings. The average Bonchev–Trinajstić information content (AvgIpc) is 3.10. The molecule has 0 radical (unpaired) electrons. The molecule has 0 bridgehead atoms. The summed E-state index contributed by atoms with van der Waals surface area (Å²) in [5, 5.41) is -0.0589. The largest absolute Gasteiger partial charge is 0.0629 e. The monoisotopic (exact) mass is 445 g/mol. The fourth-order valence-electron chi connectivity index (χ4n) is 4.51. The van der Waals surface area contributed by atoms with Crippen molar-refractivity contribution >= 4 is 43.1 Å². The Kier molecular flexibility index (Phi) is 2.10. The third kappa shape index (κ3) is 2.86. The van der Waals surface area contributed by atoms with Gasteiger partial charge in [-0.3, -0.25) is 0 Å². The molecule has 0 saturated carbocycles. The normalized spacial score (nSPS) is 17.7. The topological polar surface area (TPSA) is 0 Å². The minimum atomic E-state index is -0.742. The van der Waals surface area contributed by atoms with Gasteiger partial charge in [0.05, 0.1) is 20.6 Å². The Labute approximate surface area is 219 Å². The molecule has 7 aromatic carbocycles. The van der Waals surface area contributed by atoms with E-state index in [9.17, 15) is 0 Å². The van der Waals surface area contributed by atoms with E-state index >= 15 is 0 Å². The van der Waals surface area contributed by atoms with E-state index in [2.05, 4.69) is 0 Å². The summed E-state index contributed by atoms with van der Waals surface area (Å²) in [4.78, 5) is 0. The van der Waals surface area contributed by atoms with Gasteiger partial charge in [0, 0.05) is 0 Å². The van der Waals surface area contributed by atoms with Crippen molar-refractivity contribution in [3.05, 3.63) is 133 Å². The first kappa shape index (κ1) is 9.44. The van der Waals surface area contributed by atoms with Crippen molar-refractivity contribution in [3.63, 3.8) is 0 Å². The summed E-state index contributed by atoms with van der Waals surface area (Å²) in [6, 6.07) is 2.65. The first-order valence-corrected chi connectivity index (χ1v) is 10.6. The predicted octanol–water partition coefficient (Wildman–Crippen LogP) is 9.63. The summed E-state index contributed by atoms with van der Waals surface area (Å²) >= 11 is 0. The maximum Gasteiger partial charge on any atom is 0.0629 e. The Hall–Kier alpha value is -4.42. The molecule has 0 heteroatoms. The predicted molar refractivity (Wildman–Crippen MR) is 147 cm³/mol. The quantitative estimate of drug-likeness (QED) is 0.232. The third-order valence-corrected chi connectivity index (χ3v) is 5.98. The van der Waals surface area contributed by atoms with E-state index in [4.69, 9.17) is 20.6 Å². The second kappa shape index (κ2) is 7.57. The van der Waals surface area contributed by atoms with Gasteiger partial charge >= 0.3 is 0 Å². The zero-order valence-corrected chi connectivity index (χ0v) is 17.5. The van der Waals surface area contributed by atoms with E-state index in [1.807, 2.05) is 18.2 Å². The van der Waals surface area contributed by atoms with E-state index in [-0.39, 0.29) is 32.7 Å². The molecule has 0 fully saturated rings. The van der Waals surface area contributed by atoms with Crippen LogP contribution in [0, 0.1) is 0 Å². The number of fused-ring (bicyclic) bond motifs is 4. The number of hydrogen-bond acceptors (Lipinski definition) is 0. The molecule has 0 spiro atoms. The van der Waals surface area contributed by atoms with Crippen molar-refractivity contribution in [1.82, 2.24) is 0 Å². The number of hydrogen-bond donors (Lipinski definition) is 0. The molecule has 158 valence electrons. The van der Waals surface area contributed by atoms with Crippen LogP contribution < -0.4 is 0 Å². The second-order valence-corrected chi connectivity index (χ2v) is 7.81. The molecule has 7 rings (SSSR count). The van der Waals surface area contributed by atoms with E-state index in [0.29, 0.717) is 5.56 Å². The van der Waals surface area contributed by atoms with Gasteiger partial charge in [-0.2, -0.15) is 0 Å². The van der Waals surface area contributed by atoms with Gasteiger partial charge in [-0.05, 0) is 71.4 Å². The van der Waals surface area contributed by atoms with Gasteiger partial charge in [-0.25, -0.2) is 0 Å². The van der Waals surface area contributed by atoms with E-state index in [1.165, 1.54) is 0 Å². The smallest absolute Gasteiger partial charge is 0.0616 e. The molecule has 34 heavy (non-hydrogen) atoms. The van der Waals surface area contributed by atoms with Crippen LogP contribution in [0.2, 0.25) is 0 Å². The summed E-state index contributed by atoms with van der Waals surface area (Å²) in [5.41, 5.74) is -0.310. The molecule has 0 amide bonds. The molecule has 0 aromatic heterocycles. The molecule has 0 aliphatic heterocycles. The van der Waals surface area contributed by atoms with Gasteiger partial charge in [0.2, 0.25) is 0 Å². The van der Waals surface area contributed by atoms with Crippen molar-refractivity contribution in [3.8, 4) is 22.3 Å². The molecule has 0 heterocycles. The fraction of sp³-hybridized carbons (Fsp3) is 0. The van der Waals surface area contributed by atoms with E-state index in [1.54, 1.807) is 24.3 Å². The minimum absolute atomic E-state index is 0.0689. The SMILES string of the molecule is [2H]c1c([2H])c([2H])c2c(-c3c4c([2H])c([2H])c([2H])c([2H])c4c(-c4ccc5ccccc5c4)c4c([2H])c([2H])c([2H])c([2H])c34)c([2H])c([2H])c([2H])c2c1[2H]. The van der Waals surface area contributed by atoms with E-state index < -0.39 is 107 Å². The van der Waals surface area contributed by atoms with Crippen LogP contribution in [0.3, 0.4) is 0 Å². The highest BCUT2D eigenvalue weighted by Gasteiger charge is 2.17. The fourth-order valence-corrected chi connectivity index (χ4v) is 4.51. The highest BCUT2D eigenvalue weighted by atomic mass is 14.2. The Balaban J connectivity index is 1.91. The van der Waals surface area contributed by atoms with Crippen LogP contribution in [0.15, 0.2) is 133 Å². The zero-order valence-electron chi connectivity index (χ0n) is 32.5. The lowest BCUT2D eigenvalue weighted by molar-refractivity contribution is 1.68. The van der Waals surface area contributed by atoms with Crippen LogP contribution in [0.4, 0.5) is 0 Å². The molecule has 0 saturated heterocycles. The lowest BCUT2D eigenvalue weighted by Gasteiger charge is -2.19. The van der Waals surface area contributed by atoms with Crippen LogP contribution in [0.5, 0.6) is 0 Å². The Morgan fingerprint density at radius 1 is 0.412 bits per heavy atom. The number of rotatable bonds is 2. The Bertz CT molecular complexity index is 2570. The van der Waals surface area contributed by atoms with Crippen LogP contribution in [0.25, 0.3) is 65.3 Å². The summed E-state index contributed by atoms with van der Waals surface area (Å²) in [6.07, 6.45) is 0. The minimum Gasteiger partial charge on any atom is -0.0616 e. The molecule has 0 aliphatic carbocycles. The maximum atomic E-state index is 9.17. The van der Waals surface area contributed by atoms with E-state index in [0.717, 1.165) is 10.8 Å². The molecule has 7 aromatic rings. The second-order valence-electron chi connectivity index (χ2n) is 7.81. The highest BCUT2D eigenvalue weighted by molar-refractivity contribution is 6.23. The summed E-state index contributed by atoms with van der Waals surface area (Å²) in [6.45, 7) is 0. The van der Waals surface area contributed by atoms with Gasteiger partial charge in [-0.1, -0.05) is 127 Å². The summed E-state index contributed by atoms with van der Waals surface area (Å²) < 4.78 is 132. The van der Waals surface area contributed by atoms with Crippen LogP contribution >= 0.6 is 0 Å². The van der Waals surface area contributed by atoms with Gasteiger partial charge in [-0.15, -0.1) is 0 Å². The van der Waals surface area contributed by atoms with Crippen molar-refractivity contribution in [2.75, 3.05) is 0 Å². The first-order valence-electron chi connectivity index (χ1n) is 18.1. The molecular formula is C34H22. The average molecular weight is 446 g/mol. The van der Waals surface area contributed by atoms with Crippen molar-refractivity contribution in [2.45, 2.75) is 0 Å². The number of benzene rings is 7. The van der Waals surface area contributed by atoms with Crippen LogP contribution in [-0.2, 0) is 0 Å². The molecule has 0 N–H and O–H groups in total. The first-order chi connectivity index (χ1) is 23.1. The van der Waals surface area contributed by atoms with Gasteiger partial charge < -0.3 is 0 Å². The lowest BCUT2D eigenvalue weighted by atomic mass is 9.84. The summed E-state index contributed by atoms with van der Waals surface area (Å²) in [5.74, 6) is 0. The van der Waals surface area contributed by atoms with Crippen molar-refractivity contribution in [2.24, 2.45) is 0 Å². The molecular weight excluding hydrogens is 408 g/mol.